The van der Waals surface area contributed by atoms with Gasteiger partial charge in [-0.15, -0.1) is 0 Å². The van der Waals surface area contributed by atoms with E-state index in [-0.39, 0.29) is 5.75 Å². The van der Waals surface area contributed by atoms with Gasteiger partial charge in [0.2, 0.25) is 0 Å². The van der Waals surface area contributed by atoms with Crippen LogP contribution in [0.1, 0.15) is 12.0 Å². The summed E-state index contributed by atoms with van der Waals surface area (Å²) in [6, 6.07) is 5.82. The molecule has 0 aromatic heterocycles. The van der Waals surface area contributed by atoms with Gasteiger partial charge >= 0.3 is 6.18 Å². The van der Waals surface area contributed by atoms with Crippen molar-refractivity contribution in [3.8, 4) is 5.75 Å². The predicted molar refractivity (Wildman–Crippen MR) is 75.5 cm³/mol. The lowest BCUT2D eigenvalue weighted by Crippen LogP contribution is -2.42. The Morgan fingerprint density at radius 1 is 0.917 bits per heavy atom. The zero-order valence-corrected chi connectivity index (χ0v) is 12.5. The van der Waals surface area contributed by atoms with Crippen molar-refractivity contribution in [1.82, 2.24) is 5.32 Å². The van der Waals surface area contributed by atoms with E-state index in [0.29, 0.717) is 0 Å². The second-order valence-electron chi connectivity index (χ2n) is 5.17. The lowest BCUT2D eigenvalue weighted by atomic mass is 10.1. The summed E-state index contributed by atoms with van der Waals surface area (Å²) in [5.74, 6) is -7.86. The van der Waals surface area contributed by atoms with Gasteiger partial charge in [-0.3, -0.25) is 0 Å². The molecule has 1 rings (SSSR count). The average molecular weight is 359 g/mol. The molecule has 0 saturated heterocycles. The van der Waals surface area contributed by atoms with Crippen LogP contribution in [-0.4, -0.2) is 37.7 Å². The van der Waals surface area contributed by atoms with Gasteiger partial charge < -0.3 is 10.1 Å². The molecule has 1 aromatic rings. The van der Waals surface area contributed by atoms with Gasteiger partial charge in [0.25, 0.3) is 11.8 Å². The smallest absolute Gasteiger partial charge is 0.401 e. The zero-order chi connectivity index (χ0) is 18.4. The van der Waals surface area contributed by atoms with Crippen molar-refractivity contribution in [1.29, 1.82) is 0 Å². The summed E-state index contributed by atoms with van der Waals surface area (Å²) in [5.41, 5.74) is 0.719. The summed E-state index contributed by atoms with van der Waals surface area (Å²) in [6.45, 7) is -0.989. The molecule has 9 heteroatoms. The number of alkyl halides is 7. The van der Waals surface area contributed by atoms with Crippen molar-refractivity contribution in [2.24, 2.45) is 0 Å². The van der Waals surface area contributed by atoms with E-state index in [1.807, 2.05) is 0 Å². The second-order valence-corrected chi connectivity index (χ2v) is 5.17. The third-order valence-electron chi connectivity index (χ3n) is 2.79. The first kappa shape index (κ1) is 20.3. The first-order chi connectivity index (χ1) is 10.9. The highest BCUT2D eigenvalue weighted by molar-refractivity contribution is 5.48. The third-order valence-corrected chi connectivity index (χ3v) is 2.79. The molecule has 0 heterocycles. The minimum atomic E-state index is -4.70. The van der Waals surface area contributed by atoms with Crippen molar-refractivity contribution < 1.29 is 35.5 Å². The average Bonchev–Trinajstić information content (AvgIpc) is 2.43. The monoisotopic (exact) mass is 359 g/mol. The molecule has 136 valence electrons. The largest absolute Gasteiger partial charge is 0.487 e. The summed E-state index contributed by atoms with van der Waals surface area (Å²) in [6.07, 6.45) is -5.10. The molecule has 24 heavy (non-hydrogen) atoms. The van der Waals surface area contributed by atoms with Crippen LogP contribution in [0.15, 0.2) is 30.8 Å². The zero-order valence-electron chi connectivity index (χ0n) is 12.5. The minimum Gasteiger partial charge on any atom is -0.487 e. The standard InChI is InChI=1S/C15H16F7NO/c1-2-11-3-5-12(6-4-11)24-10-14(18,19)7-13(16,17)8-23-9-15(20,21)22/h2-6,23H,1,7-10H2. The van der Waals surface area contributed by atoms with Gasteiger partial charge in [-0.2, -0.15) is 13.2 Å². The topological polar surface area (TPSA) is 21.3 Å². The molecule has 1 N–H and O–H groups in total. The Labute approximate surface area is 134 Å². The summed E-state index contributed by atoms with van der Waals surface area (Å²) in [4.78, 5) is 0. The quantitative estimate of drug-likeness (QED) is 0.655. The lowest BCUT2D eigenvalue weighted by Gasteiger charge is -2.24. The van der Waals surface area contributed by atoms with Gasteiger partial charge in [0.05, 0.1) is 19.5 Å². The van der Waals surface area contributed by atoms with Crippen LogP contribution >= 0.6 is 0 Å². The van der Waals surface area contributed by atoms with E-state index in [0.717, 1.165) is 5.56 Å². The summed E-state index contributed by atoms with van der Waals surface area (Å²) < 4.78 is 94.1. The maximum absolute atomic E-state index is 13.5. The molecule has 0 amide bonds. The van der Waals surface area contributed by atoms with E-state index in [1.54, 1.807) is 0 Å². The fraction of sp³-hybridized carbons (Fsp3) is 0.467. The van der Waals surface area contributed by atoms with Gasteiger partial charge in [0, 0.05) is 0 Å². The van der Waals surface area contributed by atoms with Gasteiger partial charge in [0.15, 0.2) is 6.61 Å². The lowest BCUT2D eigenvalue weighted by molar-refractivity contribution is -0.139. The molecule has 0 radical (unpaired) electrons. The third kappa shape index (κ3) is 8.19. The number of halogens is 7. The highest BCUT2D eigenvalue weighted by Gasteiger charge is 2.44. The van der Waals surface area contributed by atoms with Gasteiger partial charge in [0.1, 0.15) is 5.75 Å². The van der Waals surface area contributed by atoms with Gasteiger partial charge in [-0.1, -0.05) is 24.8 Å². The molecule has 0 aliphatic carbocycles. The van der Waals surface area contributed by atoms with E-state index in [1.165, 1.54) is 35.7 Å². The molecule has 0 bridgehead atoms. The van der Waals surface area contributed by atoms with Crippen LogP contribution in [0.3, 0.4) is 0 Å². The molecule has 0 fully saturated rings. The van der Waals surface area contributed by atoms with E-state index < -0.39 is 44.1 Å². The normalized spacial score (nSPS) is 13.0. The number of hydrogen-bond acceptors (Lipinski definition) is 2. The van der Waals surface area contributed by atoms with Gasteiger partial charge in [-0.25, -0.2) is 17.6 Å². The van der Waals surface area contributed by atoms with E-state index in [4.69, 9.17) is 4.74 Å². The maximum atomic E-state index is 13.5. The molecule has 1 aromatic carbocycles. The molecule has 0 spiro atoms. The van der Waals surface area contributed by atoms with Crippen LogP contribution in [-0.2, 0) is 0 Å². The number of hydrogen-bond donors (Lipinski definition) is 1. The predicted octanol–water partition coefficient (Wildman–Crippen LogP) is 4.52. The molecule has 0 saturated carbocycles. The first-order valence-corrected chi connectivity index (χ1v) is 6.81. The molecular formula is C15H16F7NO. The van der Waals surface area contributed by atoms with Crippen molar-refractivity contribution in [2.45, 2.75) is 24.4 Å². The van der Waals surface area contributed by atoms with E-state index >= 15 is 0 Å². The maximum Gasteiger partial charge on any atom is 0.401 e. The van der Waals surface area contributed by atoms with Crippen LogP contribution in [0.4, 0.5) is 30.7 Å². The van der Waals surface area contributed by atoms with Crippen LogP contribution in [0, 0.1) is 0 Å². The highest BCUT2D eigenvalue weighted by Crippen LogP contribution is 2.31. The van der Waals surface area contributed by atoms with Crippen LogP contribution in [0.5, 0.6) is 5.75 Å². The fourth-order valence-electron chi connectivity index (χ4n) is 1.77. The summed E-state index contributed by atoms with van der Waals surface area (Å²) in [5, 5.41) is 1.42. The number of benzene rings is 1. The number of nitrogens with one attached hydrogen (secondary N) is 1. The Morgan fingerprint density at radius 2 is 1.50 bits per heavy atom. The fourth-order valence-corrected chi connectivity index (χ4v) is 1.77. The first-order valence-electron chi connectivity index (χ1n) is 6.81. The highest BCUT2D eigenvalue weighted by atomic mass is 19.4. The van der Waals surface area contributed by atoms with E-state index in [9.17, 15) is 30.7 Å². The molecule has 2 nitrogen and oxygen atoms in total. The number of ether oxygens (including phenoxy) is 1. The molecular weight excluding hydrogens is 343 g/mol. The second kappa shape index (κ2) is 7.87. The van der Waals surface area contributed by atoms with Crippen molar-refractivity contribution in [2.75, 3.05) is 19.7 Å². The Morgan fingerprint density at radius 3 is 2.00 bits per heavy atom. The van der Waals surface area contributed by atoms with Crippen molar-refractivity contribution in [3.05, 3.63) is 36.4 Å². The SMILES string of the molecule is C=Cc1ccc(OCC(F)(F)CC(F)(F)CNCC(F)(F)F)cc1. The van der Waals surface area contributed by atoms with Gasteiger partial charge in [-0.05, 0) is 17.7 Å². The minimum absolute atomic E-state index is 0.0544. The summed E-state index contributed by atoms with van der Waals surface area (Å²) in [7, 11) is 0. The molecule has 0 atom stereocenters. The Kier molecular flexibility index (Phi) is 6.65. The molecule has 0 unspecified atom stereocenters. The van der Waals surface area contributed by atoms with Crippen LogP contribution < -0.4 is 10.1 Å². The Balaban J connectivity index is 2.49. The Bertz CT molecular complexity index is 526. The molecule has 0 aliphatic rings. The van der Waals surface area contributed by atoms with Crippen molar-refractivity contribution >= 4 is 6.08 Å². The van der Waals surface area contributed by atoms with Crippen LogP contribution in [0.25, 0.3) is 6.08 Å². The Hall–Kier alpha value is -1.77. The number of rotatable bonds is 9. The summed E-state index contributed by atoms with van der Waals surface area (Å²) >= 11 is 0. The molecule has 0 aliphatic heterocycles. The van der Waals surface area contributed by atoms with Crippen LogP contribution in [0.2, 0.25) is 0 Å². The van der Waals surface area contributed by atoms with Crippen molar-refractivity contribution in [3.63, 3.8) is 0 Å². The van der Waals surface area contributed by atoms with E-state index in [2.05, 4.69) is 6.58 Å².